The molecule has 236 valence electrons. The molecule has 0 aromatic carbocycles. The molecule has 0 spiro atoms. The van der Waals surface area contributed by atoms with Gasteiger partial charge in [0.25, 0.3) is 0 Å². The number of nitrogens with zero attached hydrogens (tertiary/aromatic N) is 10. The zero-order valence-electron chi connectivity index (χ0n) is 24.4. The molecule has 14 nitrogen and oxygen atoms in total. The van der Waals surface area contributed by atoms with Crippen LogP contribution in [0, 0.1) is 7.40 Å². The minimum atomic E-state index is 0.0972. The smallest absolute Gasteiger partial charge is 0.223 e. The summed E-state index contributed by atoms with van der Waals surface area (Å²) in [6, 6.07) is 0.253. The molecule has 2 amide bonds. The lowest BCUT2D eigenvalue weighted by atomic mass is 10.1. The lowest BCUT2D eigenvalue weighted by molar-refractivity contribution is -0.133. The first-order valence-electron chi connectivity index (χ1n) is 14.6. The van der Waals surface area contributed by atoms with Gasteiger partial charge in [-0.05, 0) is 77.3 Å². The molecule has 0 aliphatic carbocycles. The van der Waals surface area contributed by atoms with E-state index in [1.165, 1.54) is 12.7 Å². The minimum absolute atomic E-state index is 0.0972. The topological polar surface area (TPSA) is 180 Å². The molecule has 0 saturated carbocycles. The molecule has 6 rings (SSSR count). The van der Waals surface area contributed by atoms with Crippen LogP contribution < -0.4 is 11.5 Å². The third kappa shape index (κ3) is 6.95. The Labute approximate surface area is 286 Å². The normalized spacial score (nSPS) is 18.8. The standard InChI is InChI=1S/C14H19IN6O.C13H16ClIN6O/c1-2-4-10(22)20-6-3-5-9(7-20)21-14-11(12(15)19-21)13(16)17-8-18-14;14-4-3-9(22)20-5-1-2-8(6-20)21-13-10(11(15)19-21)12(16)17-7-18-13/h8-9H,2-7H2,1H3,(H2,16,17,18);7-8H,1-6H2,(H2,16,17,18)/t9-;8-/m11/s1. The van der Waals surface area contributed by atoms with Crippen molar-refractivity contribution >= 4 is 102 Å². The quantitative estimate of drug-likeness (QED) is 0.214. The number of fused-ring (bicyclic) bond motifs is 2. The van der Waals surface area contributed by atoms with E-state index in [-0.39, 0.29) is 23.9 Å². The van der Waals surface area contributed by atoms with Gasteiger partial charge in [-0.2, -0.15) is 10.2 Å². The maximum atomic E-state index is 12.1. The van der Waals surface area contributed by atoms with E-state index >= 15 is 0 Å². The molecule has 44 heavy (non-hydrogen) atoms. The molecule has 4 N–H and O–H groups in total. The van der Waals surface area contributed by atoms with Crippen LogP contribution in [0.1, 0.15) is 64.0 Å². The fraction of sp³-hybridized carbons (Fsp3) is 0.556. The van der Waals surface area contributed by atoms with Crippen molar-refractivity contribution in [2.75, 3.05) is 43.5 Å². The van der Waals surface area contributed by atoms with Crippen molar-refractivity contribution in [1.29, 1.82) is 0 Å². The van der Waals surface area contributed by atoms with Crippen molar-refractivity contribution in [2.24, 2.45) is 0 Å². The molecule has 2 aliphatic heterocycles. The first-order valence-corrected chi connectivity index (χ1v) is 17.3. The van der Waals surface area contributed by atoms with E-state index in [9.17, 15) is 9.59 Å². The van der Waals surface area contributed by atoms with Crippen molar-refractivity contribution in [3.8, 4) is 0 Å². The highest BCUT2D eigenvalue weighted by atomic mass is 127. The molecule has 0 radical (unpaired) electrons. The van der Waals surface area contributed by atoms with Crippen molar-refractivity contribution in [3.63, 3.8) is 0 Å². The summed E-state index contributed by atoms with van der Waals surface area (Å²) in [5.41, 5.74) is 13.4. The number of nitrogen functional groups attached to an aromatic ring is 2. The number of likely N-dealkylation sites (tertiary alicyclic amines) is 2. The van der Waals surface area contributed by atoms with E-state index in [2.05, 4.69) is 75.3 Å². The number of nitrogens with two attached hydrogens (primary N) is 2. The predicted molar refractivity (Wildman–Crippen MR) is 185 cm³/mol. The number of alkyl halides is 1. The van der Waals surface area contributed by atoms with Crippen LogP contribution in [0.5, 0.6) is 0 Å². The highest BCUT2D eigenvalue weighted by Crippen LogP contribution is 2.30. The maximum Gasteiger partial charge on any atom is 0.223 e. The van der Waals surface area contributed by atoms with Crippen LogP contribution in [0.3, 0.4) is 0 Å². The molecule has 2 saturated heterocycles. The van der Waals surface area contributed by atoms with Gasteiger partial charge in [0.15, 0.2) is 11.3 Å². The fourth-order valence-electron chi connectivity index (χ4n) is 5.79. The number of piperidine rings is 2. The van der Waals surface area contributed by atoms with Crippen molar-refractivity contribution in [1.82, 2.24) is 49.3 Å². The maximum absolute atomic E-state index is 12.1. The molecule has 2 fully saturated rings. The summed E-state index contributed by atoms with van der Waals surface area (Å²) >= 11 is 9.97. The van der Waals surface area contributed by atoms with Gasteiger partial charge < -0.3 is 21.3 Å². The van der Waals surface area contributed by atoms with Gasteiger partial charge in [-0.25, -0.2) is 29.3 Å². The van der Waals surface area contributed by atoms with E-state index in [1.807, 2.05) is 26.1 Å². The molecular weight excluding hydrogens is 814 g/mol. The number of hydrogen-bond donors (Lipinski definition) is 2. The van der Waals surface area contributed by atoms with Crippen molar-refractivity contribution in [2.45, 2.75) is 64.0 Å². The van der Waals surface area contributed by atoms with Crippen molar-refractivity contribution in [3.05, 3.63) is 20.1 Å². The number of rotatable bonds is 6. The Kier molecular flexibility index (Phi) is 10.9. The Hall–Kier alpha value is -2.61. The number of carbonyl (C=O) groups excluding carboxylic acids is 2. The van der Waals surface area contributed by atoms with Crippen LogP contribution in [0.15, 0.2) is 12.7 Å². The summed E-state index contributed by atoms with van der Waals surface area (Å²) in [5, 5.41) is 10.8. The van der Waals surface area contributed by atoms with Gasteiger partial charge in [-0.1, -0.05) is 6.92 Å². The average Bonchev–Trinajstić information content (AvgIpc) is 3.56. The lowest BCUT2D eigenvalue weighted by Crippen LogP contribution is -2.41. The largest absolute Gasteiger partial charge is 0.383 e. The molecule has 4 aromatic rings. The third-order valence-corrected chi connectivity index (χ3v) is 9.61. The highest BCUT2D eigenvalue weighted by molar-refractivity contribution is 14.1. The van der Waals surface area contributed by atoms with Gasteiger partial charge in [0.05, 0.1) is 22.9 Å². The zero-order chi connectivity index (χ0) is 31.4. The second-order valence-electron chi connectivity index (χ2n) is 10.8. The Morgan fingerprint density at radius 1 is 0.818 bits per heavy atom. The molecule has 2 atom stereocenters. The first-order chi connectivity index (χ1) is 21.2. The van der Waals surface area contributed by atoms with Gasteiger partial charge in [0.1, 0.15) is 31.7 Å². The van der Waals surface area contributed by atoms with Gasteiger partial charge in [-0.15, -0.1) is 11.6 Å². The number of carbonyl (C=O) groups is 2. The fourth-order valence-corrected chi connectivity index (χ4v) is 7.45. The van der Waals surface area contributed by atoms with Gasteiger partial charge >= 0.3 is 0 Å². The summed E-state index contributed by atoms with van der Waals surface area (Å²) in [6.07, 6.45) is 8.66. The molecular formula is C27H35ClI2N12O2. The van der Waals surface area contributed by atoms with Crippen molar-refractivity contribution < 1.29 is 9.59 Å². The van der Waals surface area contributed by atoms with Crippen LogP contribution in [-0.2, 0) is 9.59 Å². The molecule has 0 unspecified atom stereocenters. The Balaban J connectivity index is 0.000000175. The minimum Gasteiger partial charge on any atom is -0.383 e. The Bertz CT molecular complexity index is 1530. The second-order valence-corrected chi connectivity index (χ2v) is 13.3. The van der Waals surface area contributed by atoms with E-state index in [0.717, 1.165) is 74.7 Å². The second kappa shape index (κ2) is 14.7. The highest BCUT2D eigenvalue weighted by Gasteiger charge is 2.29. The van der Waals surface area contributed by atoms with Gasteiger partial charge in [0, 0.05) is 44.9 Å². The van der Waals surface area contributed by atoms with Gasteiger partial charge in [0.2, 0.25) is 11.8 Å². The summed E-state index contributed by atoms with van der Waals surface area (Å²) in [6.45, 7) is 4.97. The Morgan fingerprint density at radius 3 is 1.70 bits per heavy atom. The first kappa shape index (κ1) is 32.8. The number of amides is 2. The zero-order valence-corrected chi connectivity index (χ0v) is 29.4. The van der Waals surface area contributed by atoms with Crippen LogP contribution in [-0.4, -0.2) is 93.2 Å². The predicted octanol–water partition coefficient (Wildman–Crippen LogP) is 3.78. The van der Waals surface area contributed by atoms with E-state index in [1.54, 1.807) is 0 Å². The SMILES string of the molecule is CCCC(=O)N1CCC[C@@H](n2nc(I)c3c(N)ncnc32)C1.Nc1ncnc2c1c(I)nn2[C@@H]1CCCN(C(=O)CCCl)C1. The lowest BCUT2D eigenvalue weighted by Gasteiger charge is -2.33. The monoisotopic (exact) mass is 848 g/mol. The van der Waals surface area contributed by atoms with Crippen LogP contribution in [0.25, 0.3) is 22.1 Å². The number of halogens is 3. The summed E-state index contributed by atoms with van der Waals surface area (Å²) in [4.78, 5) is 44.8. The molecule has 0 bridgehead atoms. The number of hydrogen-bond acceptors (Lipinski definition) is 10. The van der Waals surface area contributed by atoms with Crippen LogP contribution in [0.4, 0.5) is 11.6 Å². The van der Waals surface area contributed by atoms with Crippen LogP contribution >= 0.6 is 56.8 Å². The van der Waals surface area contributed by atoms with E-state index < -0.39 is 0 Å². The van der Waals surface area contributed by atoms with E-state index in [4.69, 9.17) is 23.1 Å². The van der Waals surface area contributed by atoms with Crippen LogP contribution in [0.2, 0.25) is 0 Å². The van der Waals surface area contributed by atoms with E-state index in [0.29, 0.717) is 43.4 Å². The molecule has 4 aromatic heterocycles. The third-order valence-electron chi connectivity index (χ3n) is 7.91. The summed E-state index contributed by atoms with van der Waals surface area (Å²) < 4.78 is 5.40. The summed E-state index contributed by atoms with van der Waals surface area (Å²) in [5.74, 6) is 1.57. The molecule has 6 heterocycles. The number of anilines is 2. The number of aromatic nitrogens is 8. The Morgan fingerprint density at radius 2 is 1.27 bits per heavy atom. The average molecular weight is 849 g/mol. The van der Waals surface area contributed by atoms with Gasteiger partial charge in [-0.3, -0.25) is 9.59 Å². The summed E-state index contributed by atoms with van der Waals surface area (Å²) in [7, 11) is 0. The molecule has 17 heteroatoms. The molecule has 2 aliphatic rings.